The molecule has 1 aromatic carbocycles. The van der Waals surface area contributed by atoms with E-state index in [9.17, 15) is 9.59 Å². The van der Waals surface area contributed by atoms with Gasteiger partial charge in [-0.2, -0.15) is 0 Å². The molecule has 0 aliphatic carbocycles. The topological polar surface area (TPSA) is 49.4 Å². The summed E-state index contributed by atoms with van der Waals surface area (Å²) in [5, 5.41) is 2.59. The van der Waals surface area contributed by atoms with E-state index >= 15 is 0 Å². The van der Waals surface area contributed by atoms with Gasteiger partial charge in [-0.3, -0.25) is 9.69 Å². The summed E-state index contributed by atoms with van der Waals surface area (Å²) in [4.78, 5) is 24.5. The van der Waals surface area contributed by atoms with Crippen molar-refractivity contribution in [2.45, 2.75) is 5.88 Å². The van der Waals surface area contributed by atoms with E-state index < -0.39 is 0 Å². The minimum atomic E-state index is -0.332. The second-order valence-electron chi connectivity index (χ2n) is 3.52. The number of imide groups is 1. The molecule has 3 amide bonds. The molecule has 0 unspecified atom stereocenters. The number of carbonyl (C=O) groups excluding carboxylic acids is 2. The molecule has 0 saturated carbocycles. The quantitative estimate of drug-likeness (QED) is 0.796. The molecule has 16 heavy (non-hydrogen) atoms. The van der Waals surface area contributed by atoms with Gasteiger partial charge in [0.05, 0.1) is 0 Å². The van der Waals surface area contributed by atoms with Crippen LogP contribution in [0.5, 0.6) is 0 Å². The van der Waals surface area contributed by atoms with Crippen LogP contribution in [0.15, 0.2) is 24.3 Å². The van der Waals surface area contributed by atoms with Crippen LogP contribution < -0.4 is 5.32 Å². The largest absolute Gasteiger partial charge is 0.336 e. The average Bonchev–Trinajstić information content (AvgIpc) is 2.74. The van der Waals surface area contributed by atoms with Crippen LogP contribution >= 0.6 is 11.6 Å². The highest BCUT2D eigenvalue weighted by Crippen LogP contribution is 2.11. The van der Waals surface area contributed by atoms with E-state index in [1.54, 1.807) is 18.2 Å². The Bertz CT molecular complexity index is 434. The molecule has 1 aromatic rings. The summed E-state index contributed by atoms with van der Waals surface area (Å²) in [6.07, 6.45) is 0. The van der Waals surface area contributed by atoms with Crippen molar-refractivity contribution in [3.63, 3.8) is 0 Å². The fourth-order valence-corrected chi connectivity index (χ4v) is 1.77. The zero-order valence-electron chi connectivity index (χ0n) is 8.57. The third kappa shape index (κ3) is 2.02. The fraction of sp³-hybridized carbons (Fsp3) is 0.273. The van der Waals surface area contributed by atoms with Crippen LogP contribution in [0.1, 0.15) is 15.9 Å². The van der Waals surface area contributed by atoms with E-state index in [1.165, 1.54) is 4.90 Å². The summed E-state index contributed by atoms with van der Waals surface area (Å²) >= 11 is 5.69. The van der Waals surface area contributed by atoms with Crippen molar-refractivity contribution in [2.24, 2.45) is 0 Å². The summed E-state index contributed by atoms with van der Waals surface area (Å²) in [7, 11) is 0. The number of carbonyl (C=O) groups is 2. The predicted octanol–water partition coefficient (Wildman–Crippen LogP) is 1.59. The van der Waals surface area contributed by atoms with Gasteiger partial charge in [0.25, 0.3) is 5.91 Å². The molecule has 0 aromatic heterocycles. The summed E-state index contributed by atoms with van der Waals surface area (Å²) in [6.45, 7) is 0.933. The minimum Gasteiger partial charge on any atom is -0.336 e. The Morgan fingerprint density at radius 2 is 2.31 bits per heavy atom. The average molecular weight is 239 g/mol. The number of rotatable bonds is 2. The van der Waals surface area contributed by atoms with Crippen LogP contribution in [-0.4, -0.2) is 29.9 Å². The van der Waals surface area contributed by atoms with E-state index in [4.69, 9.17) is 11.6 Å². The first-order valence-corrected chi connectivity index (χ1v) is 5.50. The third-order valence-electron chi connectivity index (χ3n) is 2.43. The molecule has 0 bridgehead atoms. The smallest absolute Gasteiger partial charge is 0.324 e. The minimum absolute atomic E-state index is 0.276. The highest BCUT2D eigenvalue weighted by atomic mass is 35.5. The Balaban J connectivity index is 2.23. The maximum absolute atomic E-state index is 11.9. The number of hydrogen-bond acceptors (Lipinski definition) is 2. The Morgan fingerprint density at radius 3 is 2.94 bits per heavy atom. The molecule has 0 spiro atoms. The molecular weight excluding hydrogens is 228 g/mol. The highest BCUT2D eigenvalue weighted by Gasteiger charge is 2.26. The van der Waals surface area contributed by atoms with Crippen molar-refractivity contribution in [2.75, 3.05) is 13.1 Å². The van der Waals surface area contributed by atoms with Crippen LogP contribution in [0, 0.1) is 0 Å². The summed E-state index contributed by atoms with van der Waals surface area (Å²) in [5.74, 6) is 0.0785. The van der Waals surface area contributed by atoms with Crippen molar-refractivity contribution in [1.29, 1.82) is 0 Å². The number of nitrogens with zero attached hydrogens (tertiary/aromatic N) is 1. The molecule has 1 heterocycles. The lowest BCUT2D eigenvalue weighted by molar-refractivity contribution is 0.0829. The molecule has 5 heteroatoms. The van der Waals surface area contributed by atoms with E-state index in [2.05, 4.69) is 5.32 Å². The Morgan fingerprint density at radius 1 is 1.50 bits per heavy atom. The number of amides is 3. The van der Waals surface area contributed by atoms with Gasteiger partial charge in [0.2, 0.25) is 0 Å². The lowest BCUT2D eigenvalue weighted by Crippen LogP contribution is -2.34. The van der Waals surface area contributed by atoms with E-state index in [0.717, 1.165) is 5.56 Å². The maximum Gasteiger partial charge on any atom is 0.324 e. The van der Waals surface area contributed by atoms with Crippen LogP contribution in [0.2, 0.25) is 0 Å². The van der Waals surface area contributed by atoms with Crippen molar-refractivity contribution in [3.8, 4) is 0 Å². The van der Waals surface area contributed by atoms with Crippen molar-refractivity contribution in [1.82, 2.24) is 10.2 Å². The molecule has 1 aliphatic heterocycles. The molecule has 2 rings (SSSR count). The molecule has 1 fully saturated rings. The molecule has 1 saturated heterocycles. The monoisotopic (exact) mass is 238 g/mol. The molecule has 1 aliphatic rings. The molecule has 0 radical (unpaired) electrons. The molecule has 4 nitrogen and oxygen atoms in total. The lowest BCUT2D eigenvalue weighted by atomic mass is 10.1. The van der Waals surface area contributed by atoms with Gasteiger partial charge >= 0.3 is 6.03 Å². The van der Waals surface area contributed by atoms with Gasteiger partial charge in [0.15, 0.2) is 0 Å². The van der Waals surface area contributed by atoms with Gasteiger partial charge in [-0.25, -0.2) is 4.79 Å². The number of benzene rings is 1. The second kappa shape index (κ2) is 4.53. The van der Waals surface area contributed by atoms with Crippen LogP contribution in [0.25, 0.3) is 0 Å². The summed E-state index contributed by atoms with van der Waals surface area (Å²) in [6, 6.07) is 6.67. The Labute approximate surface area is 98.2 Å². The number of nitrogens with one attached hydrogen (secondary N) is 1. The Hall–Kier alpha value is -1.55. The summed E-state index contributed by atoms with van der Waals surface area (Å²) < 4.78 is 0. The van der Waals surface area contributed by atoms with Crippen molar-refractivity contribution >= 4 is 23.5 Å². The van der Waals surface area contributed by atoms with E-state index in [-0.39, 0.29) is 11.9 Å². The van der Waals surface area contributed by atoms with Gasteiger partial charge in [0.1, 0.15) is 0 Å². The molecule has 1 N–H and O–H groups in total. The van der Waals surface area contributed by atoms with Crippen molar-refractivity contribution < 1.29 is 9.59 Å². The fourth-order valence-electron chi connectivity index (χ4n) is 1.61. The van der Waals surface area contributed by atoms with Crippen LogP contribution in [0.3, 0.4) is 0 Å². The Kier molecular flexibility index (Phi) is 3.10. The maximum atomic E-state index is 11.9. The van der Waals surface area contributed by atoms with Crippen LogP contribution in [0.4, 0.5) is 4.79 Å². The highest BCUT2D eigenvalue weighted by molar-refractivity contribution is 6.17. The van der Waals surface area contributed by atoms with Crippen LogP contribution in [-0.2, 0) is 5.88 Å². The zero-order valence-corrected chi connectivity index (χ0v) is 9.33. The lowest BCUT2D eigenvalue weighted by Gasteiger charge is -2.12. The first-order chi connectivity index (χ1) is 7.72. The van der Waals surface area contributed by atoms with Crippen molar-refractivity contribution in [3.05, 3.63) is 35.4 Å². The van der Waals surface area contributed by atoms with E-state index in [0.29, 0.717) is 24.5 Å². The van der Waals surface area contributed by atoms with Gasteiger partial charge in [-0.15, -0.1) is 11.6 Å². The second-order valence-corrected chi connectivity index (χ2v) is 3.79. The first-order valence-electron chi connectivity index (χ1n) is 4.97. The van der Waals surface area contributed by atoms with Gasteiger partial charge in [-0.1, -0.05) is 12.1 Å². The predicted molar refractivity (Wildman–Crippen MR) is 60.4 cm³/mol. The number of urea groups is 1. The molecule has 0 atom stereocenters. The SMILES string of the molecule is O=C1NCCN1C(=O)c1cccc(CCl)c1. The van der Waals surface area contributed by atoms with E-state index in [1.807, 2.05) is 6.07 Å². The standard InChI is InChI=1S/C11H11ClN2O2/c12-7-8-2-1-3-9(6-8)10(15)14-5-4-13-11(14)16/h1-3,6H,4-5,7H2,(H,13,16). The summed E-state index contributed by atoms with van der Waals surface area (Å²) in [5.41, 5.74) is 1.36. The zero-order chi connectivity index (χ0) is 11.5. The number of halogens is 1. The molecule has 84 valence electrons. The number of alkyl halides is 1. The van der Waals surface area contributed by atoms with Gasteiger partial charge in [0, 0.05) is 24.5 Å². The van der Waals surface area contributed by atoms with Gasteiger partial charge in [-0.05, 0) is 17.7 Å². The first kappa shape index (κ1) is 11.0. The normalized spacial score (nSPS) is 15.1. The van der Waals surface area contributed by atoms with Gasteiger partial charge < -0.3 is 5.32 Å². The molecular formula is C11H11ClN2O2. The number of hydrogen-bond donors (Lipinski definition) is 1. The third-order valence-corrected chi connectivity index (χ3v) is 2.74.